The molecule has 5 heteroatoms. The van der Waals surface area contributed by atoms with Crippen LogP contribution in [0.1, 0.15) is 11.4 Å². The monoisotopic (exact) mass is 243 g/mol. The quantitative estimate of drug-likeness (QED) is 0.811. The average Bonchev–Trinajstić information content (AvgIpc) is 2.25. The molecule has 1 aliphatic heterocycles. The molecule has 2 N–H and O–H groups in total. The highest BCUT2D eigenvalue weighted by Gasteiger charge is 2.12. The second-order valence-electron chi connectivity index (χ2n) is 3.94. The summed E-state index contributed by atoms with van der Waals surface area (Å²) in [6.45, 7) is 6.78. The molecule has 0 atom stereocenters. The molecule has 16 heavy (non-hydrogen) atoms. The average molecular weight is 244 g/mol. The fourth-order valence-electron chi connectivity index (χ4n) is 1.80. The van der Waals surface area contributed by atoms with E-state index in [-0.39, 0.29) is 12.4 Å². The summed E-state index contributed by atoms with van der Waals surface area (Å²) in [7, 11) is 0. The van der Waals surface area contributed by atoms with E-state index in [1.807, 2.05) is 13.0 Å². The van der Waals surface area contributed by atoms with Gasteiger partial charge < -0.3 is 10.4 Å². The first kappa shape index (κ1) is 13.2. The van der Waals surface area contributed by atoms with Gasteiger partial charge in [0, 0.05) is 38.4 Å². The number of halogens is 1. The van der Waals surface area contributed by atoms with Crippen LogP contribution in [0, 0.1) is 6.92 Å². The van der Waals surface area contributed by atoms with Crippen LogP contribution in [-0.2, 0) is 6.54 Å². The van der Waals surface area contributed by atoms with Crippen molar-refractivity contribution < 1.29 is 5.11 Å². The SMILES string of the molecule is Cc1ccc(O)c(CN2CCNCC2)n1.Cl. The molecule has 0 amide bonds. The third-order valence-corrected chi connectivity index (χ3v) is 2.67. The Bertz CT molecular complexity index is 340. The van der Waals surface area contributed by atoms with E-state index in [0.29, 0.717) is 5.75 Å². The van der Waals surface area contributed by atoms with Crippen LogP contribution >= 0.6 is 12.4 Å². The van der Waals surface area contributed by atoms with Crippen LogP contribution in [0.2, 0.25) is 0 Å². The molecule has 1 aromatic heterocycles. The van der Waals surface area contributed by atoms with Crippen LogP contribution in [0.5, 0.6) is 5.75 Å². The first-order valence-electron chi connectivity index (χ1n) is 5.34. The highest BCUT2D eigenvalue weighted by atomic mass is 35.5. The van der Waals surface area contributed by atoms with Crippen molar-refractivity contribution in [3.8, 4) is 5.75 Å². The molecular formula is C11H18ClN3O. The first-order chi connectivity index (χ1) is 7.25. The molecule has 1 aromatic rings. The maximum atomic E-state index is 9.66. The number of nitrogens with one attached hydrogen (secondary N) is 1. The fraction of sp³-hybridized carbons (Fsp3) is 0.545. The van der Waals surface area contributed by atoms with Crippen LogP contribution in [0.4, 0.5) is 0 Å². The molecule has 1 fully saturated rings. The number of piperazine rings is 1. The van der Waals surface area contributed by atoms with Gasteiger partial charge in [0.2, 0.25) is 0 Å². The number of aryl methyl sites for hydroxylation is 1. The largest absolute Gasteiger partial charge is 0.506 e. The van der Waals surface area contributed by atoms with E-state index in [0.717, 1.165) is 44.1 Å². The van der Waals surface area contributed by atoms with Crippen LogP contribution in [0.3, 0.4) is 0 Å². The highest BCUT2D eigenvalue weighted by molar-refractivity contribution is 5.85. The summed E-state index contributed by atoms with van der Waals surface area (Å²) in [4.78, 5) is 6.66. The maximum absolute atomic E-state index is 9.66. The van der Waals surface area contributed by atoms with Gasteiger partial charge in [-0.1, -0.05) is 0 Å². The number of nitrogens with zero attached hydrogens (tertiary/aromatic N) is 2. The minimum absolute atomic E-state index is 0. The minimum Gasteiger partial charge on any atom is -0.506 e. The number of aromatic nitrogens is 1. The summed E-state index contributed by atoms with van der Waals surface area (Å²) in [5.74, 6) is 0.305. The van der Waals surface area contributed by atoms with Gasteiger partial charge in [0.25, 0.3) is 0 Å². The van der Waals surface area contributed by atoms with Gasteiger partial charge in [-0.2, -0.15) is 0 Å². The minimum atomic E-state index is 0. The van der Waals surface area contributed by atoms with E-state index in [1.54, 1.807) is 6.07 Å². The van der Waals surface area contributed by atoms with Crippen molar-refractivity contribution in [1.82, 2.24) is 15.2 Å². The Morgan fingerprint density at radius 1 is 1.38 bits per heavy atom. The Hall–Kier alpha value is -0.840. The van der Waals surface area contributed by atoms with Gasteiger partial charge in [-0.25, -0.2) is 0 Å². The Morgan fingerprint density at radius 2 is 2.06 bits per heavy atom. The van der Waals surface area contributed by atoms with Crippen molar-refractivity contribution in [2.24, 2.45) is 0 Å². The molecule has 0 aromatic carbocycles. The first-order valence-corrected chi connectivity index (χ1v) is 5.34. The Labute approximate surface area is 102 Å². The summed E-state index contributed by atoms with van der Waals surface area (Å²) in [5.41, 5.74) is 1.75. The number of aromatic hydroxyl groups is 1. The van der Waals surface area contributed by atoms with Gasteiger partial charge >= 0.3 is 0 Å². The van der Waals surface area contributed by atoms with E-state index in [2.05, 4.69) is 15.2 Å². The van der Waals surface area contributed by atoms with Crippen LogP contribution < -0.4 is 5.32 Å². The molecule has 0 radical (unpaired) electrons. The smallest absolute Gasteiger partial charge is 0.138 e. The second kappa shape index (κ2) is 6.03. The number of rotatable bonds is 2. The van der Waals surface area contributed by atoms with Crippen molar-refractivity contribution >= 4 is 12.4 Å². The normalized spacial score (nSPS) is 16.8. The zero-order valence-corrected chi connectivity index (χ0v) is 10.3. The molecule has 1 saturated heterocycles. The summed E-state index contributed by atoms with van der Waals surface area (Å²) in [6.07, 6.45) is 0. The summed E-state index contributed by atoms with van der Waals surface area (Å²) in [6, 6.07) is 3.55. The van der Waals surface area contributed by atoms with Crippen molar-refractivity contribution in [3.63, 3.8) is 0 Å². The lowest BCUT2D eigenvalue weighted by Gasteiger charge is -2.26. The van der Waals surface area contributed by atoms with E-state index in [1.165, 1.54) is 0 Å². The number of hydrogen-bond donors (Lipinski definition) is 2. The Balaban J connectivity index is 0.00000128. The molecule has 0 saturated carbocycles. The van der Waals surface area contributed by atoms with Gasteiger partial charge in [0.05, 0.1) is 5.69 Å². The van der Waals surface area contributed by atoms with Crippen LogP contribution in [-0.4, -0.2) is 41.2 Å². The lowest BCUT2D eigenvalue weighted by molar-refractivity contribution is 0.227. The number of hydrogen-bond acceptors (Lipinski definition) is 4. The van der Waals surface area contributed by atoms with Crippen LogP contribution in [0.15, 0.2) is 12.1 Å². The summed E-state index contributed by atoms with van der Waals surface area (Å²) >= 11 is 0. The van der Waals surface area contributed by atoms with Crippen molar-refractivity contribution in [2.75, 3.05) is 26.2 Å². The van der Waals surface area contributed by atoms with Crippen molar-refractivity contribution in [1.29, 1.82) is 0 Å². The lowest BCUT2D eigenvalue weighted by atomic mass is 10.2. The third kappa shape index (κ3) is 3.33. The molecule has 2 heterocycles. The molecule has 1 aliphatic rings. The third-order valence-electron chi connectivity index (χ3n) is 2.67. The lowest BCUT2D eigenvalue weighted by Crippen LogP contribution is -2.43. The van der Waals surface area contributed by atoms with Crippen LogP contribution in [0.25, 0.3) is 0 Å². The molecule has 2 rings (SSSR count). The predicted octanol–water partition coefficient (Wildman–Crippen LogP) is 0.923. The zero-order chi connectivity index (χ0) is 10.7. The highest BCUT2D eigenvalue weighted by Crippen LogP contribution is 2.16. The second-order valence-corrected chi connectivity index (χ2v) is 3.94. The molecule has 0 bridgehead atoms. The Morgan fingerprint density at radius 3 is 2.75 bits per heavy atom. The van der Waals surface area contributed by atoms with E-state index in [9.17, 15) is 5.11 Å². The summed E-state index contributed by atoms with van der Waals surface area (Å²) < 4.78 is 0. The van der Waals surface area contributed by atoms with Gasteiger partial charge in [-0.3, -0.25) is 9.88 Å². The van der Waals surface area contributed by atoms with Gasteiger partial charge in [-0.15, -0.1) is 12.4 Å². The fourth-order valence-corrected chi connectivity index (χ4v) is 1.80. The molecule has 0 aliphatic carbocycles. The van der Waals surface area contributed by atoms with Gasteiger partial charge in [-0.05, 0) is 19.1 Å². The molecule has 0 unspecified atom stereocenters. The van der Waals surface area contributed by atoms with E-state index in [4.69, 9.17) is 0 Å². The van der Waals surface area contributed by atoms with Crippen molar-refractivity contribution in [3.05, 3.63) is 23.5 Å². The maximum Gasteiger partial charge on any atom is 0.138 e. The van der Waals surface area contributed by atoms with Gasteiger partial charge in [0.1, 0.15) is 5.75 Å². The molecule has 90 valence electrons. The zero-order valence-electron chi connectivity index (χ0n) is 9.44. The topological polar surface area (TPSA) is 48.4 Å². The molecule has 4 nitrogen and oxygen atoms in total. The Kier molecular flexibility index (Phi) is 4.99. The molecular weight excluding hydrogens is 226 g/mol. The predicted molar refractivity (Wildman–Crippen MR) is 66.0 cm³/mol. The van der Waals surface area contributed by atoms with Gasteiger partial charge in [0.15, 0.2) is 0 Å². The molecule has 0 spiro atoms. The standard InChI is InChI=1S/C11H17N3O.ClH/c1-9-2-3-11(15)10(13-9)8-14-6-4-12-5-7-14;/h2-3,12,15H,4-8H2,1H3;1H. The summed E-state index contributed by atoms with van der Waals surface area (Å²) in [5, 5.41) is 13.0. The van der Waals surface area contributed by atoms with Crippen molar-refractivity contribution in [2.45, 2.75) is 13.5 Å². The number of pyridine rings is 1. The van der Waals surface area contributed by atoms with E-state index < -0.39 is 0 Å². The van der Waals surface area contributed by atoms with E-state index >= 15 is 0 Å².